The number of fused-ring (bicyclic) bond motifs is 7. The molecule has 7 rings (SSSR count). The van der Waals surface area contributed by atoms with E-state index in [1.54, 1.807) is 12.1 Å². The molecule has 0 saturated heterocycles. The molecule has 0 saturated carbocycles. The van der Waals surface area contributed by atoms with Crippen LogP contribution in [-0.2, 0) is 25.2 Å². The first-order valence-electron chi connectivity index (χ1n) is 13.3. The first-order chi connectivity index (χ1) is 19.7. The number of carbonyl (C=O) groups is 1. The minimum Gasteiger partial charge on any atom is -0.489 e. The van der Waals surface area contributed by atoms with E-state index in [1.807, 2.05) is 72.8 Å². The van der Waals surface area contributed by atoms with Gasteiger partial charge in [-0.3, -0.25) is 0 Å². The number of benzene rings is 6. The molecule has 6 aromatic rings. The number of hydrogen-bond donors (Lipinski definition) is 0. The van der Waals surface area contributed by atoms with Crippen molar-refractivity contribution in [2.75, 3.05) is 13.2 Å². The van der Waals surface area contributed by atoms with Crippen LogP contribution in [0.25, 0.3) is 43.8 Å². The molecule has 1 radical (unpaired) electrons. The van der Waals surface area contributed by atoms with E-state index in [-0.39, 0.29) is 33.6 Å². The second-order valence-corrected chi connectivity index (χ2v) is 9.84. The van der Waals surface area contributed by atoms with Gasteiger partial charge in [0.2, 0.25) is 0 Å². The van der Waals surface area contributed by atoms with Gasteiger partial charge >= 0.3 is 5.97 Å². The first-order valence-corrected chi connectivity index (χ1v) is 13.3. The summed E-state index contributed by atoms with van der Waals surface area (Å²) in [7, 11) is 0. The third-order valence-electron chi connectivity index (χ3n) is 7.33. The average molecular weight is 708 g/mol. The van der Waals surface area contributed by atoms with Gasteiger partial charge in [0.1, 0.15) is 24.7 Å². The fourth-order valence-corrected chi connectivity index (χ4v) is 5.34. The molecule has 1 aliphatic rings. The third kappa shape index (κ3) is 5.23. The van der Waals surface area contributed by atoms with Gasteiger partial charge in [-0.05, 0) is 51.4 Å². The maximum atomic E-state index is 13.1. The van der Waals surface area contributed by atoms with Gasteiger partial charge in [0, 0.05) is 31.5 Å². The van der Waals surface area contributed by atoms with Crippen LogP contribution >= 0.6 is 0 Å². The van der Waals surface area contributed by atoms with Gasteiger partial charge in [0.15, 0.2) is 6.10 Å². The largest absolute Gasteiger partial charge is 0.489 e. The Labute approximate surface area is 252 Å². The number of esters is 1. The smallest absolute Gasteiger partial charge is 0.338 e. The molecule has 5 heteroatoms. The van der Waals surface area contributed by atoms with Gasteiger partial charge in [-0.15, -0.1) is 5.56 Å². The maximum Gasteiger partial charge on any atom is 0.338 e. The second-order valence-electron chi connectivity index (χ2n) is 9.84. The molecule has 1 heterocycles. The van der Waals surface area contributed by atoms with E-state index in [4.69, 9.17) is 14.2 Å². The van der Waals surface area contributed by atoms with Gasteiger partial charge in [0.25, 0.3) is 0 Å². The summed E-state index contributed by atoms with van der Waals surface area (Å²) in [5, 5.41) is 4.38. The van der Waals surface area contributed by atoms with Crippen LogP contribution in [0.15, 0.2) is 121 Å². The molecule has 0 bridgehead atoms. The fourth-order valence-electron chi connectivity index (χ4n) is 5.34. The van der Waals surface area contributed by atoms with E-state index in [2.05, 4.69) is 42.5 Å². The minimum absolute atomic E-state index is 0. The number of hydrogen-bond acceptors (Lipinski definition) is 4. The Morgan fingerprint density at radius 1 is 0.634 bits per heavy atom. The zero-order valence-electron chi connectivity index (χ0n) is 22.0. The van der Waals surface area contributed by atoms with Gasteiger partial charge in [-0.1, -0.05) is 72.8 Å². The van der Waals surface area contributed by atoms with Crippen LogP contribution < -0.4 is 9.47 Å². The predicted molar refractivity (Wildman–Crippen MR) is 158 cm³/mol. The number of ether oxygens (including phenoxy) is 3. The molecule has 4 nitrogen and oxygen atoms in total. The molecule has 0 aliphatic carbocycles. The van der Waals surface area contributed by atoms with Crippen molar-refractivity contribution >= 4 is 27.5 Å². The average Bonchev–Trinajstić information content (AvgIpc) is 3.09. The van der Waals surface area contributed by atoms with E-state index >= 15 is 0 Å². The van der Waals surface area contributed by atoms with Crippen molar-refractivity contribution in [2.24, 2.45) is 0 Å². The molecular weight excluding hydrogens is 683 g/mol. The van der Waals surface area contributed by atoms with E-state index in [0.29, 0.717) is 5.56 Å². The van der Waals surface area contributed by atoms with Crippen molar-refractivity contribution in [1.82, 2.24) is 0 Å². The Morgan fingerprint density at radius 2 is 1.15 bits per heavy atom. The minimum atomic E-state index is -0.603. The summed E-state index contributed by atoms with van der Waals surface area (Å²) in [6, 6.07) is 42.8. The van der Waals surface area contributed by atoms with Crippen molar-refractivity contribution in [3.8, 4) is 33.8 Å². The van der Waals surface area contributed by atoms with Crippen molar-refractivity contribution in [2.45, 2.75) is 6.10 Å². The molecule has 1 aliphatic heterocycles. The first kappa shape index (κ1) is 26.8. The maximum absolute atomic E-state index is 13.1. The number of carbonyl (C=O) groups excluding carboxylic acids is 1. The van der Waals surface area contributed by atoms with Gasteiger partial charge < -0.3 is 14.2 Å². The summed E-state index contributed by atoms with van der Waals surface area (Å²) in [6.07, 6.45) is -0.603. The quantitative estimate of drug-likeness (QED) is 0.138. The van der Waals surface area contributed by atoms with Crippen LogP contribution in [0, 0.1) is 6.07 Å². The molecule has 6 aromatic carbocycles. The van der Waals surface area contributed by atoms with Crippen LogP contribution in [-0.4, -0.2) is 25.3 Å². The third-order valence-corrected chi connectivity index (χ3v) is 7.33. The summed E-state index contributed by atoms with van der Waals surface area (Å²) in [5.74, 6) is 1.04. The topological polar surface area (TPSA) is 44.8 Å². The van der Waals surface area contributed by atoms with Crippen LogP contribution in [0.4, 0.5) is 0 Å². The van der Waals surface area contributed by atoms with Crippen LogP contribution in [0.2, 0.25) is 0 Å². The normalized spacial score (nSPS) is 12.9. The van der Waals surface area contributed by atoms with Crippen molar-refractivity contribution in [3.05, 3.63) is 133 Å². The second kappa shape index (κ2) is 11.6. The Hall–Kier alpha value is -4.43. The molecule has 41 heavy (non-hydrogen) atoms. The van der Waals surface area contributed by atoms with Crippen molar-refractivity contribution in [1.29, 1.82) is 0 Å². The summed E-state index contributed by atoms with van der Waals surface area (Å²) in [5.41, 5.74) is 4.52. The standard InChI is InChI=1S/C36H25O4.Re/c37-36(28-16-14-25(15-17-28)24-8-2-1-3-9-24)40-29-22-38-32-20-18-26-10-4-6-12-30(26)34(32)35-31-13-7-5-11-27(31)19-21-33(35)39-23-29;/h2-21,29H,22-23H2;/q-1;. The van der Waals surface area contributed by atoms with Gasteiger partial charge in [-0.25, -0.2) is 4.79 Å². The zero-order valence-corrected chi connectivity index (χ0v) is 24.8. The summed E-state index contributed by atoms with van der Waals surface area (Å²) in [6.45, 7) is 0.337. The molecule has 0 spiro atoms. The Morgan fingerprint density at radius 3 is 1.71 bits per heavy atom. The van der Waals surface area contributed by atoms with Crippen LogP contribution in [0.5, 0.6) is 11.5 Å². The fraction of sp³-hybridized carbons (Fsp3) is 0.0833. The molecule has 0 aromatic heterocycles. The van der Waals surface area contributed by atoms with Gasteiger partial charge in [-0.2, -0.15) is 30.3 Å². The molecule has 0 fully saturated rings. The summed E-state index contributed by atoms with van der Waals surface area (Å²) in [4.78, 5) is 13.1. The Balaban J connectivity index is 0.00000302. The molecule has 0 N–H and O–H groups in total. The van der Waals surface area contributed by atoms with Gasteiger partial charge in [0.05, 0.1) is 5.56 Å². The van der Waals surface area contributed by atoms with E-state index < -0.39 is 12.1 Å². The van der Waals surface area contributed by atoms with Crippen LogP contribution in [0.1, 0.15) is 10.4 Å². The van der Waals surface area contributed by atoms with Crippen LogP contribution in [0.3, 0.4) is 0 Å². The van der Waals surface area contributed by atoms with Crippen molar-refractivity contribution in [3.63, 3.8) is 0 Å². The van der Waals surface area contributed by atoms with Crippen molar-refractivity contribution < 1.29 is 39.4 Å². The molecule has 0 unspecified atom stereocenters. The number of rotatable bonds is 3. The van der Waals surface area contributed by atoms with E-state index in [9.17, 15) is 4.79 Å². The summed E-state index contributed by atoms with van der Waals surface area (Å²) < 4.78 is 18.7. The zero-order chi connectivity index (χ0) is 26.9. The molecular formula is C36H25O4Re-. The van der Waals surface area contributed by atoms with E-state index in [0.717, 1.165) is 55.3 Å². The summed E-state index contributed by atoms with van der Waals surface area (Å²) >= 11 is 0. The Bertz CT molecular complexity index is 1760. The molecule has 0 amide bonds. The monoisotopic (exact) mass is 708 g/mol. The molecule has 0 atom stereocenters. The Kier molecular flexibility index (Phi) is 7.57. The van der Waals surface area contributed by atoms with E-state index in [1.165, 1.54) is 0 Å². The predicted octanol–water partition coefficient (Wildman–Crippen LogP) is 8.12. The molecule has 201 valence electrons. The SMILES string of the molecule is O=C(OC1COc2ccc3ccccc3c2-c2c(ccc3ccccc23)OC1)c1ccc(-c2cc[c-]cc2)cc1.[Re].